The number of rotatable bonds is 9. The van der Waals surface area contributed by atoms with Crippen LogP contribution in [0.5, 0.6) is 5.75 Å². The highest BCUT2D eigenvalue weighted by atomic mass is 32.2. The van der Waals surface area contributed by atoms with Crippen LogP contribution in [0.15, 0.2) is 24.3 Å². The fourth-order valence-electron chi connectivity index (χ4n) is 1.94. The Morgan fingerprint density at radius 3 is 2.33 bits per heavy atom. The van der Waals surface area contributed by atoms with Gasteiger partial charge >= 0.3 is 0 Å². The maximum absolute atomic E-state index is 11.9. The van der Waals surface area contributed by atoms with Crippen molar-refractivity contribution in [2.75, 3.05) is 25.2 Å². The molecule has 0 amide bonds. The first-order valence-corrected chi connectivity index (χ1v) is 8.88. The molecule has 0 aliphatic heterocycles. The van der Waals surface area contributed by atoms with E-state index in [1.165, 1.54) is 0 Å². The van der Waals surface area contributed by atoms with Crippen LogP contribution in [0.3, 0.4) is 0 Å². The van der Waals surface area contributed by atoms with E-state index in [1.54, 1.807) is 7.11 Å². The van der Waals surface area contributed by atoms with Gasteiger partial charge in [-0.2, -0.15) is 0 Å². The fraction of sp³-hybridized carbons (Fsp3) is 0.600. The Balaban J connectivity index is 2.60. The van der Waals surface area contributed by atoms with Gasteiger partial charge in [-0.1, -0.05) is 12.1 Å². The molecule has 0 fully saturated rings. The SMILES string of the molecule is COCCCS(=O)(=O)CC(N)c1ccc(OC(C)C)cc1. The number of methoxy groups -OCH3 is 1. The number of sulfone groups is 1. The summed E-state index contributed by atoms with van der Waals surface area (Å²) in [6.45, 7) is 4.34. The highest BCUT2D eigenvalue weighted by Gasteiger charge is 2.17. The zero-order valence-electron chi connectivity index (χ0n) is 12.9. The molecule has 0 heterocycles. The molecule has 6 heteroatoms. The summed E-state index contributed by atoms with van der Waals surface area (Å²) < 4.78 is 34.3. The summed E-state index contributed by atoms with van der Waals surface area (Å²) in [6.07, 6.45) is 0.595. The Morgan fingerprint density at radius 1 is 1.19 bits per heavy atom. The minimum atomic E-state index is -3.17. The van der Waals surface area contributed by atoms with Crippen LogP contribution < -0.4 is 10.5 Å². The molecule has 21 heavy (non-hydrogen) atoms. The molecule has 0 aliphatic carbocycles. The predicted molar refractivity (Wildman–Crippen MR) is 84.3 cm³/mol. The second kappa shape index (κ2) is 8.36. The molecule has 1 rings (SSSR count). The Bertz CT molecular complexity index is 511. The first kappa shape index (κ1) is 17.9. The van der Waals surface area contributed by atoms with E-state index < -0.39 is 15.9 Å². The number of nitrogens with two attached hydrogens (primary N) is 1. The smallest absolute Gasteiger partial charge is 0.152 e. The van der Waals surface area contributed by atoms with E-state index in [2.05, 4.69) is 0 Å². The Morgan fingerprint density at radius 2 is 1.81 bits per heavy atom. The van der Waals surface area contributed by atoms with Crippen LogP contribution in [-0.4, -0.2) is 39.7 Å². The van der Waals surface area contributed by atoms with Crippen molar-refractivity contribution < 1.29 is 17.9 Å². The highest BCUT2D eigenvalue weighted by molar-refractivity contribution is 7.91. The molecule has 0 spiro atoms. The molecule has 1 aromatic carbocycles. The predicted octanol–water partition coefficient (Wildman–Crippen LogP) is 1.92. The van der Waals surface area contributed by atoms with Gasteiger partial charge < -0.3 is 15.2 Å². The van der Waals surface area contributed by atoms with Crippen molar-refractivity contribution in [3.05, 3.63) is 29.8 Å². The van der Waals surface area contributed by atoms with Crippen molar-refractivity contribution >= 4 is 9.84 Å². The summed E-state index contributed by atoms with van der Waals surface area (Å²) in [5.74, 6) is 0.799. The molecule has 0 aromatic heterocycles. The van der Waals surface area contributed by atoms with Gasteiger partial charge in [0.25, 0.3) is 0 Å². The van der Waals surface area contributed by atoms with Crippen LogP contribution in [0.25, 0.3) is 0 Å². The molecule has 0 bridgehead atoms. The molecule has 1 atom stereocenters. The van der Waals surface area contributed by atoms with Gasteiger partial charge in [0, 0.05) is 19.8 Å². The summed E-state index contributed by atoms with van der Waals surface area (Å²) in [5.41, 5.74) is 6.78. The summed E-state index contributed by atoms with van der Waals surface area (Å²) in [6, 6.07) is 6.73. The second-order valence-electron chi connectivity index (χ2n) is 5.30. The Hall–Kier alpha value is -1.11. The van der Waals surface area contributed by atoms with Crippen LogP contribution >= 0.6 is 0 Å². The van der Waals surface area contributed by atoms with Crippen LogP contribution in [0.1, 0.15) is 31.9 Å². The van der Waals surface area contributed by atoms with E-state index in [0.717, 1.165) is 11.3 Å². The molecule has 1 unspecified atom stereocenters. The Labute approximate surface area is 127 Å². The van der Waals surface area contributed by atoms with Gasteiger partial charge in [-0.15, -0.1) is 0 Å². The van der Waals surface area contributed by atoms with Gasteiger partial charge in [0.1, 0.15) is 5.75 Å². The van der Waals surface area contributed by atoms with Crippen molar-refractivity contribution in [3.63, 3.8) is 0 Å². The van der Waals surface area contributed by atoms with Crippen LogP contribution in [0, 0.1) is 0 Å². The van der Waals surface area contributed by atoms with Gasteiger partial charge in [0.2, 0.25) is 0 Å². The summed E-state index contributed by atoms with van der Waals surface area (Å²) in [7, 11) is -1.61. The quantitative estimate of drug-likeness (QED) is 0.704. The molecule has 0 radical (unpaired) electrons. The largest absolute Gasteiger partial charge is 0.491 e. The van der Waals surface area contributed by atoms with Crippen molar-refractivity contribution in [1.82, 2.24) is 0 Å². The first-order chi connectivity index (χ1) is 9.84. The van der Waals surface area contributed by atoms with Crippen LogP contribution in [0.4, 0.5) is 0 Å². The van der Waals surface area contributed by atoms with Crippen molar-refractivity contribution in [2.45, 2.75) is 32.4 Å². The van der Waals surface area contributed by atoms with E-state index in [4.69, 9.17) is 15.2 Å². The lowest BCUT2D eigenvalue weighted by molar-refractivity contribution is 0.199. The van der Waals surface area contributed by atoms with Gasteiger partial charge in [0.05, 0.1) is 17.6 Å². The zero-order valence-corrected chi connectivity index (χ0v) is 13.7. The highest BCUT2D eigenvalue weighted by Crippen LogP contribution is 2.19. The van der Waals surface area contributed by atoms with Gasteiger partial charge in [-0.05, 0) is 38.0 Å². The normalized spacial score (nSPS) is 13.4. The van der Waals surface area contributed by atoms with Crippen molar-refractivity contribution in [2.24, 2.45) is 5.73 Å². The molecule has 2 N–H and O–H groups in total. The van der Waals surface area contributed by atoms with Crippen molar-refractivity contribution in [1.29, 1.82) is 0 Å². The number of benzene rings is 1. The van der Waals surface area contributed by atoms with Gasteiger partial charge in [-0.3, -0.25) is 0 Å². The second-order valence-corrected chi connectivity index (χ2v) is 7.53. The first-order valence-electron chi connectivity index (χ1n) is 7.05. The molecule has 1 aromatic rings. The number of hydrogen-bond acceptors (Lipinski definition) is 5. The Kier molecular flexibility index (Phi) is 7.14. The molecule has 5 nitrogen and oxygen atoms in total. The minimum absolute atomic E-state index is 0.0545. The maximum Gasteiger partial charge on any atom is 0.152 e. The molecule has 0 saturated heterocycles. The average molecular weight is 315 g/mol. The molecular weight excluding hydrogens is 290 g/mol. The lowest BCUT2D eigenvalue weighted by atomic mass is 10.1. The van der Waals surface area contributed by atoms with Gasteiger partial charge in [0.15, 0.2) is 9.84 Å². The summed E-state index contributed by atoms with van der Waals surface area (Å²) in [5, 5.41) is 0. The molecule has 120 valence electrons. The number of hydrogen-bond donors (Lipinski definition) is 1. The number of ether oxygens (including phenoxy) is 2. The lowest BCUT2D eigenvalue weighted by Crippen LogP contribution is -2.24. The third-order valence-corrected chi connectivity index (χ3v) is 4.70. The van der Waals surface area contributed by atoms with Crippen LogP contribution in [-0.2, 0) is 14.6 Å². The monoisotopic (exact) mass is 315 g/mol. The van der Waals surface area contributed by atoms with E-state index >= 15 is 0 Å². The molecule has 0 aliphatic rings. The topological polar surface area (TPSA) is 78.6 Å². The van der Waals surface area contributed by atoms with E-state index in [1.807, 2.05) is 38.1 Å². The van der Waals surface area contributed by atoms with E-state index in [0.29, 0.717) is 13.0 Å². The van der Waals surface area contributed by atoms with Gasteiger partial charge in [-0.25, -0.2) is 8.42 Å². The summed E-state index contributed by atoms with van der Waals surface area (Å²) >= 11 is 0. The summed E-state index contributed by atoms with van der Waals surface area (Å²) in [4.78, 5) is 0. The van der Waals surface area contributed by atoms with E-state index in [-0.39, 0.29) is 17.6 Å². The third kappa shape index (κ3) is 6.93. The third-order valence-electron chi connectivity index (χ3n) is 2.92. The van der Waals surface area contributed by atoms with Crippen LogP contribution in [0.2, 0.25) is 0 Å². The maximum atomic E-state index is 11.9. The standard InChI is InChI=1S/C15H25NO4S/c1-12(2)20-14-7-5-13(6-8-14)15(16)11-21(17,18)10-4-9-19-3/h5-8,12,15H,4,9-11,16H2,1-3H3. The fourth-order valence-corrected chi connectivity index (χ4v) is 3.41. The molecule has 0 saturated carbocycles. The lowest BCUT2D eigenvalue weighted by Gasteiger charge is -2.14. The molecular formula is C15H25NO4S. The minimum Gasteiger partial charge on any atom is -0.491 e. The average Bonchev–Trinajstić information content (AvgIpc) is 2.38. The van der Waals surface area contributed by atoms with E-state index in [9.17, 15) is 8.42 Å². The van der Waals surface area contributed by atoms with Crippen molar-refractivity contribution in [3.8, 4) is 5.75 Å². The zero-order chi connectivity index (χ0) is 15.9.